The van der Waals surface area contributed by atoms with Gasteiger partial charge in [0.2, 0.25) is 45.5 Å². The van der Waals surface area contributed by atoms with E-state index in [0.717, 1.165) is 91.9 Å². The third-order valence-electron chi connectivity index (χ3n) is 19.0. The summed E-state index contributed by atoms with van der Waals surface area (Å²) in [5, 5.41) is 65.6. The van der Waals surface area contributed by atoms with Crippen LogP contribution in [0.15, 0.2) is 111 Å². The summed E-state index contributed by atoms with van der Waals surface area (Å²) in [6.45, 7) is 21.1. The van der Waals surface area contributed by atoms with Crippen molar-refractivity contribution in [2.24, 2.45) is 5.92 Å². The Morgan fingerprint density at radius 1 is 0.557 bits per heavy atom. The molecule has 2 aromatic carbocycles. The fraction of sp³-hybridized carbons (Fsp3) is 0.608. The van der Waals surface area contributed by atoms with E-state index in [1.165, 1.54) is 52.5 Å². The van der Waals surface area contributed by atoms with Gasteiger partial charge in [0.25, 0.3) is 0 Å². The number of carbonyl (C=O) groups is 9. The second-order valence-electron chi connectivity index (χ2n) is 29.9. The van der Waals surface area contributed by atoms with E-state index in [2.05, 4.69) is 126 Å². The number of aliphatic hydroxyl groups excluding tert-OH is 2. The number of phosphoric acid groups is 2. The fourth-order valence-corrected chi connectivity index (χ4v) is 15.8. The van der Waals surface area contributed by atoms with Gasteiger partial charge in [-0.25, -0.2) is 22.3 Å². The molecule has 1 fully saturated rings. The molecular weight excluding hydrogens is 1550 g/mol. The minimum absolute atomic E-state index is 0.0362. The number of carbonyl (C=O) groups excluding carboxylic acids is 6. The molecule has 1 aliphatic heterocycles. The molecule has 1 saturated heterocycles. The molecule has 14 N–H and O–H groups in total. The zero-order valence-corrected chi connectivity index (χ0v) is 71.4. The highest BCUT2D eigenvalue weighted by Gasteiger charge is 2.51. The summed E-state index contributed by atoms with van der Waals surface area (Å²) < 4.78 is 82.5. The van der Waals surface area contributed by atoms with Crippen LogP contribution in [0.5, 0.6) is 0 Å². The normalized spacial score (nSPS) is 19.6. The SMILES string of the molecule is CC(=O)N[C@H]1[C@@H](OP(=O)(O)OP(=O)(O)OCCC(C)CC/C=C(/C)CC/C=C(/C)CC/C=C(/C)CC/C=C(\C)CC/C=C(\C)CCC=C(C)C)O[C@H](CO)[C@@H](O)[C@@H]1O[C@H](C)C(=O)N[C@@H](C)C(=O)N[C@H](CCC(=O)N[C@H](CCC[C@H](NS(=O)(=O)c1cccc2c(N(C)C)cccc12)C(=O)O)C(=O)N[C@H](C)C(=O)N[C@H](C)C(=O)O)C(=O)O. The second-order valence-corrected chi connectivity index (χ2v) is 34.6. The van der Waals surface area contributed by atoms with Crippen LogP contribution in [-0.4, -0.2) is 197 Å². The van der Waals surface area contributed by atoms with Crippen LogP contribution in [0.2, 0.25) is 0 Å². The Hall–Kier alpha value is -7.82. The van der Waals surface area contributed by atoms with E-state index in [9.17, 15) is 96.0 Å². The summed E-state index contributed by atoms with van der Waals surface area (Å²) in [4.78, 5) is 139. The number of amides is 6. The molecule has 36 heteroatoms. The maximum atomic E-state index is 13.8. The number of rotatable bonds is 53. The monoisotopic (exact) mass is 1680 g/mol. The van der Waals surface area contributed by atoms with Gasteiger partial charge in [-0.05, 0) is 203 Å². The van der Waals surface area contributed by atoms with E-state index < -0.39 is 191 Å². The number of benzene rings is 2. The number of fused-ring (bicyclic) bond motifs is 1. The Bertz CT molecular complexity index is 4030. The second kappa shape index (κ2) is 50.1. The summed E-state index contributed by atoms with van der Waals surface area (Å²) in [5.41, 5.74) is 8.85. The van der Waals surface area contributed by atoms with Crippen LogP contribution in [0.25, 0.3) is 10.8 Å². The Balaban J connectivity index is 1.59. The van der Waals surface area contributed by atoms with Gasteiger partial charge in [0.1, 0.15) is 66.7 Å². The number of aliphatic carboxylic acids is 3. The number of allylic oxidation sites excluding steroid dienone is 12. The molecule has 3 rings (SSSR count). The van der Waals surface area contributed by atoms with E-state index in [1.807, 2.05) is 6.92 Å². The van der Waals surface area contributed by atoms with Crippen molar-refractivity contribution in [1.82, 2.24) is 36.6 Å². The summed E-state index contributed by atoms with van der Waals surface area (Å²) in [5.74, 6) is -10.9. The maximum absolute atomic E-state index is 13.8. The average molecular weight is 1680 g/mol. The highest BCUT2D eigenvalue weighted by atomic mass is 32.2. The van der Waals surface area contributed by atoms with Crippen molar-refractivity contribution in [1.29, 1.82) is 0 Å². The first kappa shape index (κ1) is 101. The van der Waals surface area contributed by atoms with Gasteiger partial charge in [-0.2, -0.15) is 9.03 Å². The number of nitrogens with one attached hydrogen (secondary N) is 7. The van der Waals surface area contributed by atoms with Gasteiger partial charge < -0.3 is 81.6 Å². The average Bonchev–Trinajstić information content (AvgIpc) is 0.776. The largest absolute Gasteiger partial charge is 0.483 e. The number of anilines is 1. The third-order valence-corrected chi connectivity index (χ3v) is 23.2. The first-order valence-corrected chi connectivity index (χ1v) is 43.1. The molecule has 646 valence electrons. The molecule has 0 aromatic heterocycles. The Kier molecular flexibility index (Phi) is 44.1. The fourth-order valence-electron chi connectivity index (χ4n) is 12.2. The van der Waals surface area contributed by atoms with Gasteiger partial charge in [-0.1, -0.05) is 101 Å². The number of aliphatic hydroxyl groups is 2. The number of phosphoric ester groups is 2. The van der Waals surface area contributed by atoms with Crippen LogP contribution in [-0.2, 0) is 85.1 Å². The van der Waals surface area contributed by atoms with Crippen molar-refractivity contribution >= 4 is 95.5 Å². The molecule has 0 radical (unpaired) electrons. The van der Waals surface area contributed by atoms with Crippen molar-refractivity contribution < 1.29 is 119 Å². The number of carboxylic acids is 3. The molecule has 0 saturated carbocycles. The van der Waals surface area contributed by atoms with Crippen LogP contribution in [0.1, 0.15) is 206 Å². The van der Waals surface area contributed by atoms with E-state index in [1.54, 1.807) is 43.3 Å². The lowest BCUT2D eigenvalue weighted by molar-refractivity contribution is -0.261. The lowest BCUT2D eigenvalue weighted by atomic mass is 9.96. The smallest absolute Gasteiger partial charge is 0.480 e. The molecule has 0 aliphatic carbocycles. The molecule has 1 heterocycles. The Morgan fingerprint density at radius 2 is 1.04 bits per heavy atom. The van der Waals surface area contributed by atoms with E-state index in [4.69, 9.17) is 18.5 Å². The molecular formula is C79H124N8O25P2S. The highest BCUT2D eigenvalue weighted by Crippen LogP contribution is 2.61. The molecule has 15 atom stereocenters. The van der Waals surface area contributed by atoms with Gasteiger partial charge in [-0.15, -0.1) is 0 Å². The number of ether oxygens (including phenoxy) is 2. The quantitative estimate of drug-likeness (QED) is 0.0217. The highest BCUT2D eigenvalue weighted by molar-refractivity contribution is 7.89. The molecule has 6 amide bonds. The van der Waals surface area contributed by atoms with Crippen LogP contribution < -0.4 is 41.5 Å². The molecule has 0 bridgehead atoms. The molecule has 115 heavy (non-hydrogen) atoms. The molecule has 33 nitrogen and oxygen atoms in total. The summed E-state index contributed by atoms with van der Waals surface area (Å²) in [7, 11) is -12.2. The Labute approximate surface area is 675 Å². The van der Waals surface area contributed by atoms with Gasteiger partial charge >= 0.3 is 33.6 Å². The minimum atomic E-state index is -5.77. The molecule has 3 unspecified atom stereocenters. The Morgan fingerprint density at radius 3 is 1.55 bits per heavy atom. The van der Waals surface area contributed by atoms with Crippen LogP contribution in [0, 0.1) is 5.92 Å². The zero-order chi connectivity index (χ0) is 86.7. The van der Waals surface area contributed by atoms with Crippen molar-refractivity contribution in [3.8, 4) is 0 Å². The predicted molar refractivity (Wildman–Crippen MR) is 434 cm³/mol. The summed E-state index contributed by atoms with van der Waals surface area (Å²) >= 11 is 0. The standard InChI is InChI=1S/C79H124N8O25P2S/c1-48(2)25-16-26-49(3)27-17-28-50(4)29-18-30-51(5)31-19-32-52(6)33-20-34-53(7)35-21-36-54(8)45-46-108-113(102,103)112-114(104,105)111-79-69(83-59(13)89)71(70(91)66(47-88)110-79)109-58(12)74(94)80-56(10)73(93)85-63(77(98)99)43-44-68(90)84-62(75(95)81-55(9)72(92)82-57(11)76(96)97)39-24-40-64(78(100)101)86-115(106,107)67-42-23-37-60-61(67)38-22-41-65(60)87(14)15/h22-23,25,27,29,31,33,35,37-38,41-42,54-58,62-64,66,69-71,79,86,88,91H,16-21,24,26,28,30,32,34,36,39-40,43-47H2,1-15H3,(H,80,94)(H,81,95)(H,82,92)(H,83,89)(H,84,90)(H,85,93)(H,96,97)(H,98,99)(H,100,101)(H,102,103)(H,104,105)/b49-27+,50-29+,51-31-,52-33-,53-35-/t54?,55-,56+,57-,58-,62-,63-,64+,66-,69-,70-,71-,79-/m1/s1. The number of nitrogens with zero attached hydrogens (tertiary/aromatic N) is 1. The van der Waals surface area contributed by atoms with Gasteiger partial charge in [0.15, 0.2) is 6.29 Å². The van der Waals surface area contributed by atoms with Gasteiger partial charge in [-0.3, -0.25) is 47.4 Å². The van der Waals surface area contributed by atoms with E-state index in [-0.39, 0.29) is 29.0 Å². The number of hydrogen-bond donors (Lipinski definition) is 14. The van der Waals surface area contributed by atoms with Crippen LogP contribution >= 0.6 is 15.6 Å². The zero-order valence-electron chi connectivity index (χ0n) is 68.8. The molecule has 0 spiro atoms. The molecule has 1 aliphatic rings. The van der Waals surface area contributed by atoms with Crippen LogP contribution in [0.3, 0.4) is 0 Å². The van der Waals surface area contributed by atoms with E-state index >= 15 is 0 Å². The summed E-state index contributed by atoms with van der Waals surface area (Å²) in [6.07, 6.45) is 13.4. The van der Waals surface area contributed by atoms with E-state index in [0.29, 0.717) is 23.9 Å². The minimum Gasteiger partial charge on any atom is -0.480 e. The number of carboxylic acid groups (broad SMARTS) is 3. The number of hydrogen-bond acceptors (Lipinski definition) is 21. The lowest BCUT2D eigenvalue weighted by Gasteiger charge is -2.44. The van der Waals surface area contributed by atoms with Crippen molar-refractivity contribution in [2.75, 3.05) is 32.2 Å². The molecule has 2 aromatic rings. The lowest BCUT2D eigenvalue weighted by Crippen LogP contribution is -2.66. The van der Waals surface area contributed by atoms with Gasteiger partial charge in [0, 0.05) is 43.9 Å². The predicted octanol–water partition coefficient (Wildman–Crippen LogP) is 9.25. The first-order chi connectivity index (χ1) is 53.8. The maximum Gasteiger partial charge on any atom is 0.483 e. The first-order valence-electron chi connectivity index (χ1n) is 38.7. The van der Waals surface area contributed by atoms with Crippen molar-refractivity contribution in [3.05, 3.63) is 106 Å². The number of sulfonamides is 1. The van der Waals surface area contributed by atoms with Crippen molar-refractivity contribution in [3.63, 3.8) is 0 Å². The topological polar surface area (TPSA) is 497 Å². The third kappa shape index (κ3) is 38.0. The summed E-state index contributed by atoms with van der Waals surface area (Å²) in [6, 6.07) is -2.17. The van der Waals surface area contributed by atoms with Crippen molar-refractivity contribution in [2.45, 2.75) is 283 Å². The van der Waals surface area contributed by atoms with Gasteiger partial charge in [0.05, 0.1) is 18.1 Å². The van der Waals surface area contributed by atoms with Crippen LogP contribution in [0.4, 0.5) is 5.69 Å².